The van der Waals surface area contributed by atoms with Gasteiger partial charge < -0.3 is 10.1 Å². The second-order valence-corrected chi connectivity index (χ2v) is 6.05. The molecule has 1 atom stereocenters. The highest BCUT2D eigenvalue weighted by Crippen LogP contribution is 2.35. The third kappa shape index (κ3) is 2.74. The zero-order valence-corrected chi connectivity index (χ0v) is 13.1. The maximum absolute atomic E-state index is 5.96. The van der Waals surface area contributed by atoms with Gasteiger partial charge in [0.05, 0.1) is 6.61 Å². The average molecular weight is 332 g/mol. The Labute approximate surface area is 128 Å². The monoisotopic (exact) mass is 331 g/mol. The highest BCUT2D eigenvalue weighted by molar-refractivity contribution is 9.10. The molecule has 2 nitrogen and oxygen atoms in total. The Morgan fingerprint density at radius 1 is 1.25 bits per heavy atom. The minimum atomic E-state index is 0.544. The van der Waals surface area contributed by atoms with Gasteiger partial charge in [0.25, 0.3) is 0 Å². The van der Waals surface area contributed by atoms with E-state index in [-0.39, 0.29) is 0 Å². The second kappa shape index (κ2) is 5.98. The summed E-state index contributed by atoms with van der Waals surface area (Å²) in [6.45, 7) is 1.60. The minimum Gasteiger partial charge on any atom is -0.493 e. The van der Waals surface area contributed by atoms with Gasteiger partial charge in [-0.15, -0.1) is 0 Å². The predicted octanol–water partition coefficient (Wildman–Crippen LogP) is 3.89. The molecule has 3 rings (SSSR count). The van der Waals surface area contributed by atoms with E-state index in [0.717, 1.165) is 29.8 Å². The minimum absolute atomic E-state index is 0.544. The van der Waals surface area contributed by atoms with Crippen molar-refractivity contribution in [1.29, 1.82) is 0 Å². The molecule has 0 heterocycles. The van der Waals surface area contributed by atoms with Crippen LogP contribution in [0.2, 0.25) is 0 Å². The van der Waals surface area contributed by atoms with E-state index in [4.69, 9.17) is 4.74 Å². The number of hydrogen-bond acceptors (Lipinski definition) is 2. The van der Waals surface area contributed by atoms with E-state index in [1.807, 2.05) is 13.1 Å². The number of nitrogens with one attached hydrogen (secondary N) is 1. The van der Waals surface area contributed by atoms with Crippen molar-refractivity contribution in [3.05, 3.63) is 63.6 Å². The van der Waals surface area contributed by atoms with Crippen LogP contribution in [0, 0.1) is 0 Å². The van der Waals surface area contributed by atoms with Gasteiger partial charge in [-0.2, -0.15) is 0 Å². The lowest BCUT2D eigenvalue weighted by Gasteiger charge is -2.29. The fraction of sp³-hybridized carbons (Fsp3) is 0.294. The highest BCUT2D eigenvalue weighted by atomic mass is 79.9. The first kappa shape index (κ1) is 13.7. The van der Waals surface area contributed by atoms with Crippen LogP contribution in [0.25, 0.3) is 0 Å². The summed E-state index contributed by atoms with van der Waals surface area (Å²) in [6, 6.07) is 14.8. The molecule has 2 aromatic carbocycles. The van der Waals surface area contributed by atoms with E-state index in [9.17, 15) is 0 Å². The van der Waals surface area contributed by atoms with Crippen molar-refractivity contribution in [2.75, 3.05) is 13.7 Å². The smallest absolute Gasteiger partial charge is 0.119 e. The van der Waals surface area contributed by atoms with Gasteiger partial charge in [-0.25, -0.2) is 0 Å². The van der Waals surface area contributed by atoms with Crippen LogP contribution < -0.4 is 10.1 Å². The van der Waals surface area contributed by atoms with E-state index >= 15 is 0 Å². The first-order valence-corrected chi connectivity index (χ1v) is 7.71. The molecule has 0 spiro atoms. The van der Waals surface area contributed by atoms with E-state index in [2.05, 4.69) is 57.6 Å². The molecule has 0 saturated carbocycles. The molecule has 0 radical (unpaired) electrons. The number of ether oxygens (including phenoxy) is 1. The molecule has 1 N–H and O–H groups in total. The van der Waals surface area contributed by atoms with Crippen molar-refractivity contribution >= 4 is 15.9 Å². The second-order valence-electron chi connectivity index (χ2n) is 5.19. The van der Waals surface area contributed by atoms with Gasteiger partial charge >= 0.3 is 0 Å². The van der Waals surface area contributed by atoms with Crippen molar-refractivity contribution in [3.63, 3.8) is 0 Å². The molecule has 104 valence electrons. The van der Waals surface area contributed by atoms with Gasteiger partial charge in [-0.05, 0) is 48.4 Å². The van der Waals surface area contributed by atoms with Gasteiger partial charge in [-0.1, -0.05) is 40.2 Å². The highest BCUT2D eigenvalue weighted by Gasteiger charge is 2.25. The largest absolute Gasteiger partial charge is 0.493 e. The quantitative estimate of drug-likeness (QED) is 0.897. The Kier molecular flexibility index (Phi) is 4.08. The Morgan fingerprint density at radius 3 is 2.90 bits per heavy atom. The van der Waals surface area contributed by atoms with Gasteiger partial charge in [0.15, 0.2) is 0 Å². The lowest BCUT2D eigenvalue weighted by molar-refractivity contribution is 0.275. The van der Waals surface area contributed by atoms with Crippen LogP contribution >= 0.6 is 15.9 Å². The van der Waals surface area contributed by atoms with Gasteiger partial charge in [0.1, 0.15) is 5.75 Å². The third-order valence-electron chi connectivity index (χ3n) is 3.80. The Morgan fingerprint density at radius 2 is 2.10 bits per heavy atom. The van der Waals surface area contributed by atoms with Crippen LogP contribution in [0.3, 0.4) is 0 Å². The first-order valence-electron chi connectivity index (χ1n) is 6.91. The van der Waals surface area contributed by atoms with Crippen molar-refractivity contribution in [2.24, 2.45) is 0 Å². The SMILES string of the molecule is CNCc1cc(OCC2Cc3ccccc32)ccc1Br. The summed E-state index contributed by atoms with van der Waals surface area (Å²) < 4.78 is 7.08. The van der Waals surface area contributed by atoms with Crippen molar-refractivity contribution in [3.8, 4) is 5.75 Å². The van der Waals surface area contributed by atoms with Crippen LogP contribution in [-0.2, 0) is 13.0 Å². The summed E-state index contributed by atoms with van der Waals surface area (Å²) in [6.07, 6.45) is 1.13. The molecule has 3 heteroatoms. The fourth-order valence-electron chi connectivity index (χ4n) is 2.68. The van der Waals surface area contributed by atoms with Gasteiger partial charge in [0, 0.05) is 16.9 Å². The zero-order valence-electron chi connectivity index (χ0n) is 11.5. The molecule has 1 aliphatic rings. The van der Waals surface area contributed by atoms with Gasteiger partial charge in [0.2, 0.25) is 0 Å². The topological polar surface area (TPSA) is 21.3 Å². The lowest BCUT2D eigenvalue weighted by atomic mass is 9.78. The number of benzene rings is 2. The van der Waals surface area contributed by atoms with Crippen LogP contribution in [0.5, 0.6) is 5.75 Å². The zero-order chi connectivity index (χ0) is 13.9. The molecule has 0 aliphatic heterocycles. The lowest BCUT2D eigenvalue weighted by Crippen LogP contribution is -2.23. The van der Waals surface area contributed by atoms with E-state index in [0.29, 0.717) is 5.92 Å². The van der Waals surface area contributed by atoms with Crippen molar-refractivity contribution in [1.82, 2.24) is 5.32 Å². The van der Waals surface area contributed by atoms with Gasteiger partial charge in [-0.3, -0.25) is 0 Å². The third-order valence-corrected chi connectivity index (χ3v) is 4.57. The maximum atomic E-state index is 5.96. The Balaban J connectivity index is 1.64. The molecule has 1 unspecified atom stereocenters. The molecule has 1 aliphatic carbocycles. The fourth-order valence-corrected chi connectivity index (χ4v) is 3.06. The normalized spacial score (nSPS) is 16.4. The summed E-state index contributed by atoms with van der Waals surface area (Å²) in [5.41, 5.74) is 4.13. The number of fused-ring (bicyclic) bond motifs is 1. The molecule has 2 aromatic rings. The summed E-state index contributed by atoms with van der Waals surface area (Å²) in [5, 5.41) is 3.17. The number of rotatable bonds is 5. The first-order chi connectivity index (χ1) is 9.78. The molecule has 0 amide bonds. The van der Waals surface area contributed by atoms with Crippen LogP contribution in [0.4, 0.5) is 0 Å². The molecule has 0 saturated heterocycles. The Bertz CT molecular complexity index is 612. The summed E-state index contributed by atoms with van der Waals surface area (Å²) in [5.74, 6) is 1.49. The van der Waals surface area contributed by atoms with E-state index < -0.39 is 0 Å². The maximum Gasteiger partial charge on any atom is 0.119 e. The van der Waals surface area contributed by atoms with Crippen LogP contribution in [0.1, 0.15) is 22.6 Å². The van der Waals surface area contributed by atoms with Crippen molar-refractivity contribution in [2.45, 2.75) is 18.9 Å². The average Bonchev–Trinajstić information content (AvgIpc) is 2.43. The molecular formula is C17H18BrNO. The molecule has 0 bridgehead atoms. The summed E-state index contributed by atoms with van der Waals surface area (Å²) >= 11 is 3.56. The number of hydrogen-bond donors (Lipinski definition) is 1. The molecule has 0 fully saturated rings. The molecular weight excluding hydrogens is 314 g/mol. The van der Waals surface area contributed by atoms with E-state index in [1.54, 1.807) is 0 Å². The Hall–Kier alpha value is -1.32. The summed E-state index contributed by atoms with van der Waals surface area (Å²) in [4.78, 5) is 0. The van der Waals surface area contributed by atoms with Crippen LogP contribution in [0.15, 0.2) is 46.9 Å². The van der Waals surface area contributed by atoms with Crippen LogP contribution in [-0.4, -0.2) is 13.7 Å². The van der Waals surface area contributed by atoms with E-state index in [1.165, 1.54) is 16.7 Å². The standard InChI is InChI=1S/C17H18BrNO/c1-19-10-13-9-15(6-7-17(13)18)20-11-14-8-12-4-2-3-5-16(12)14/h2-7,9,14,19H,8,10-11H2,1H3. The summed E-state index contributed by atoms with van der Waals surface area (Å²) in [7, 11) is 1.95. The van der Waals surface area contributed by atoms with Crippen molar-refractivity contribution < 1.29 is 4.74 Å². The molecule has 20 heavy (non-hydrogen) atoms. The molecule has 0 aromatic heterocycles. The number of halogens is 1. The predicted molar refractivity (Wildman–Crippen MR) is 85.3 cm³/mol.